The standard InChI is InChI=1S/C27H40O7/c1-3-26(31)16-21(33-13-5-4-12-28)7-10-25(26,18-29)20-6-9-24(2)22(8-11-27(24,32)15-20)19-14-23(30)34-17-19/h12,14,18,20-22,31-32H,3-11,13,15-17H2,1-2H3/t20?,21-,22+,24+,25-,26-,27-/m0/s1. The van der Waals surface area contributed by atoms with Crippen molar-refractivity contribution in [2.75, 3.05) is 13.2 Å². The number of unbranched alkanes of at least 4 members (excludes halogenated alkanes) is 1. The van der Waals surface area contributed by atoms with Gasteiger partial charge in [-0.15, -0.1) is 0 Å². The van der Waals surface area contributed by atoms with Crippen LogP contribution in [0.3, 0.4) is 0 Å². The van der Waals surface area contributed by atoms with Gasteiger partial charge in [0.25, 0.3) is 0 Å². The van der Waals surface area contributed by atoms with Crippen molar-refractivity contribution in [2.45, 2.75) is 102 Å². The molecule has 0 saturated heterocycles. The zero-order valence-corrected chi connectivity index (χ0v) is 20.6. The number of carbonyl (C=O) groups is 3. The van der Waals surface area contributed by atoms with E-state index in [1.54, 1.807) is 6.08 Å². The van der Waals surface area contributed by atoms with Crippen molar-refractivity contribution < 1.29 is 34.1 Å². The summed E-state index contributed by atoms with van der Waals surface area (Å²) in [6, 6.07) is 0. The van der Waals surface area contributed by atoms with E-state index in [9.17, 15) is 24.6 Å². The molecule has 0 aromatic carbocycles. The number of carbonyl (C=O) groups excluding carboxylic acids is 3. The minimum atomic E-state index is -1.19. The number of ether oxygens (including phenoxy) is 2. The second kappa shape index (κ2) is 9.47. The van der Waals surface area contributed by atoms with E-state index in [-0.39, 0.29) is 29.3 Å². The summed E-state index contributed by atoms with van der Waals surface area (Å²) < 4.78 is 11.1. The van der Waals surface area contributed by atoms with Gasteiger partial charge < -0.3 is 29.3 Å². The lowest BCUT2D eigenvalue weighted by molar-refractivity contribution is -0.201. The Morgan fingerprint density at radius 3 is 2.59 bits per heavy atom. The van der Waals surface area contributed by atoms with Gasteiger partial charge in [0, 0.05) is 30.9 Å². The molecule has 2 N–H and O–H groups in total. The molecule has 0 spiro atoms. The van der Waals surface area contributed by atoms with Gasteiger partial charge in [-0.25, -0.2) is 4.79 Å². The largest absolute Gasteiger partial charge is 0.458 e. The Balaban J connectivity index is 1.52. The normalized spacial score (nSPS) is 44.3. The Labute approximate surface area is 202 Å². The van der Waals surface area contributed by atoms with Crippen LogP contribution in [0.1, 0.15) is 84.5 Å². The summed E-state index contributed by atoms with van der Waals surface area (Å²) >= 11 is 0. The van der Waals surface area contributed by atoms with Crippen molar-refractivity contribution in [3.8, 4) is 0 Å². The van der Waals surface area contributed by atoms with Crippen LogP contribution in [0.25, 0.3) is 0 Å². The first-order valence-electron chi connectivity index (χ1n) is 13.0. The van der Waals surface area contributed by atoms with E-state index in [1.165, 1.54) is 0 Å². The first-order chi connectivity index (χ1) is 16.2. The number of hydrogen-bond acceptors (Lipinski definition) is 7. The summed E-state index contributed by atoms with van der Waals surface area (Å²) in [5, 5.41) is 23.8. The molecule has 1 heterocycles. The number of fused-ring (bicyclic) bond motifs is 1. The van der Waals surface area contributed by atoms with Crippen LogP contribution in [0.2, 0.25) is 0 Å². The highest BCUT2D eigenvalue weighted by atomic mass is 16.5. The molecule has 190 valence electrons. The third-order valence-electron chi connectivity index (χ3n) is 10.1. The number of cyclic esters (lactones) is 1. The zero-order valence-electron chi connectivity index (χ0n) is 20.6. The van der Waals surface area contributed by atoms with Crippen LogP contribution in [0.4, 0.5) is 0 Å². The number of aliphatic hydroxyl groups is 2. The van der Waals surface area contributed by atoms with Gasteiger partial charge >= 0.3 is 5.97 Å². The van der Waals surface area contributed by atoms with Gasteiger partial charge in [-0.1, -0.05) is 13.8 Å². The van der Waals surface area contributed by atoms with Crippen LogP contribution in [-0.2, 0) is 23.9 Å². The minimum absolute atomic E-state index is 0.0950. The van der Waals surface area contributed by atoms with Gasteiger partial charge in [0.05, 0.1) is 22.7 Å². The fourth-order valence-corrected chi connectivity index (χ4v) is 7.84. The van der Waals surface area contributed by atoms with Gasteiger partial charge in [0.1, 0.15) is 19.2 Å². The fraction of sp³-hybridized carbons (Fsp3) is 0.815. The molecule has 1 unspecified atom stereocenters. The first kappa shape index (κ1) is 25.5. The molecule has 34 heavy (non-hydrogen) atoms. The fourth-order valence-electron chi connectivity index (χ4n) is 7.84. The second-order valence-electron chi connectivity index (χ2n) is 11.4. The Bertz CT molecular complexity index is 839. The molecule has 0 aromatic rings. The highest BCUT2D eigenvalue weighted by Gasteiger charge is 2.65. The molecule has 3 fully saturated rings. The van der Waals surface area contributed by atoms with Crippen LogP contribution in [0.5, 0.6) is 0 Å². The quantitative estimate of drug-likeness (QED) is 0.298. The van der Waals surface area contributed by atoms with Crippen LogP contribution < -0.4 is 0 Å². The predicted molar refractivity (Wildman–Crippen MR) is 125 cm³/mol. The summed E-state index contributed by atoms with van der Waals surface area (Å²) in [7, 11) is 0. The van der Waals surface area contributed by atoms with Crippen molar-refractivity contribution in [2.24, 2.45) is 22.7 Å². The summed E-state index contributed by atoms with van der Waals surface area (Å²) in [5.41, 5.74) is -2.45. The average molecular weight is 477 g/mol. The van der Waals surface area contributed by atoms with E-state index < -0.39 is 16.6 Å². The predicted octanol–water partition coefficient (Wildman–Crippen LogP) is 3.29. The topological polar surface area (TPSA) is 110 Å². The molecule has 0 radical (unpaired) electrons. The molecule has 7 atom stereocenters. The highest BCUT2D eigenvalue weighted by molar-refractivity contribution is 5.85. The number of esters is 1. The maximum atomic E-state index is 12.8. The molecular formula is C27H40O7. The lowest BCUT2D eigenvalue weighted by Crippen LogP contribution is -2.62. The van der Waals surface area contributed by atoms with Crippen LogP contribution in [-0.4, -0.2) is 59.3 Å². The first-order valence-corrected chi connectivity index (χ1v) is 13.0. The third-order valence-corrected chi connectivity index (χ3v) is 10.1. The van der Waals surface area contributed by atoms with Crippen molar-refractivity contribution >= 4 is 18.5 Å². The summed E-state index contributed by atoms with van der Waals surface area (Å²) in [5.74, 6) is -0.323. The van der Waals surface area contributed by atoms with Crippen molar-refractivity contribution in [1.82, 2.24) is 0 Å². The van der Waals surface area contributed by atoms with Crippen LogP contribution >= 0.6 is 0 Å². The second-order valence-corrected chi connectivity index (χ2v) is 11.4. The van der Waals surface area contributed by atoms with Crippen molar-refractivity contribution in [1.29, 1.82) is 0 Å². The van der Waals surface area contributed by atoms with E-state index in [0.717, 1.165) is 37.4 Å². The Kier molecular flexibility index (Phi) is 7.11. The van der Waals surface area contributed by atoms with E-state index >= 15 is 0 Å². The molecule has 0 amide bonds. The van der Waals surface area contributed by atoms with Gasteiger partial charge in [-0.05, 0) is 75.2 Å². The van der Waals surface area contributed by atoms with E-state index in [2.05, 4.69) is 6.92 Å². The Morgan fingerprint density at radius 2 is 1.94 bits per heavy atom. The lowest BCUT2D eigenvalue weighted by Gasteiger charge is -2.58. The molecule has 3 saturated carbocycles. The van der Waals surface area contributed by atoms with Crippen LogP contribution in [0, 0.1) is 22.7 Å². The molecule has 4 rings (SSSR count). The lowest BCUT2D eigenvalue weighted by atomic mass is 9.49. The average Bonchev–Trinajstić information content (AvgIpc) is 3.36. The summed E-state index contributed by atoms with van der Waals surface area (Å²) in [4.78, 5) is 35.0. The molecular weight excluding hydrogens is 436 g/mol. The number of rotatable bonds is 9. The van der Waals surface area contributed by atoms with Gasteiger partial charge in [-0.2, -0.15) is 0 Å². The molecule has 3 aliphatic carbocycles. The van der Waals surface area contributed by atoms with Gasteiger partial charge in [0.2, 0.25) is 0 Å². The molecule has 7 heteroatoms. The summed E-state index contributed by atoms with van der Waals surface area (Å²) in [6.45, 7) is 4.82. The summed E-state index contributed by atoms with van der Waals surface area (Å²) in [6.07, 6.45) is 9.89. The molecule has 4 aliphatic rings. The monoisotopic (exact) mass is 476 g/mol. The molecule has 7 nitrogen and oxygen atoms in total. The minimum Gasteiger partial charge on any atom is -0.458 e. The van der Waals surface area contributed by atoms with Gasteiger partial charge in [0.15, 0.2) is 0 Å². The number of aldehydes is 2. The maximum absolute atomic E-state index is 12.8. The Morgan fingerprint density at radius 1 is 1.15 bits per heavy atom. The van der Waals surface area contributed by atoms with Crippen LogP contribution in [0.15, 0.2) is 11.6 Å². The van der Waals surface area contributed by atoms with E-state index in [1.807, 2.05) is 6.92 Å². The zero-order chi connectivity index (χ0) is 24.6. The van der Waals surface area contributed by atoms with E-state index in [4.69, 9.17) is 9.47 Å². The molecule has 0 bridgehead atoms. The third kappa shape index (κ3) is 3.97. The maximum Gasteiger partial charge on any atom is 0.331 e. The Hall–Kier alpha value is -1.57. The van der Waals surface area contributed by atoms with Gasteiger partial charge in [-0.3, -0.25) is 0 Å². The SMILES string of the molecule is CC[C@]1(O)C[C@@H](OCCCC=O)CC[C@]1(C=O)C1CC[C@]2(C)[C@@H](C3=CC(=O)OC3)CC[C@]2(O)C1. The molecule has 1 aliphatic heterocycles. The van der Waals surface area contributed by atoms with E-state index in [0.29, 0.717) is 64.6 Å². The van der Waals surface area contributed by atoms with Crippen molar-refractivity contribution in [3.05, 3.63) is 11.6 Å². The molecule has 0 aromatic heterocycles. The highest BCUT2D eigenvalue weighted by Crippen LogP contribution is 2.65. The smallest absolute Gasteiger partial charge is 0.331 e. The van der Waals surface area contributed by atoms with Crippen molar-refractivity contribution in [3.63, 3.8) is 0 Å². The number of hydrogen-bond donors (Lipinski definition) is 2.